The van der Waals surface area contributed by atoms with Crippen molar-refractivity contribution >= 4 is 39.1 Å². The Hall–Kier alpha value is -0.810. The number of fused-ring (bicyclic) bond motifs is 3. The van der Waals surface area contributed by atoms with E-state index in [2.05, 4.69) is 9.97 Å². The van der Waals surface area contributed by atoms with Crippen LogP contribution in [0.15, 0.2) is 16.6 Å². The fourth-order valence-electron chi connectivity index (χ4n) is 3.68. The molecule has 2 N–H and O–H groups in total. The number of rotatable bonds is 3. The molecule has 2 aliphatic rings. The molecule has 3 unspecified atom stereocenters. The van der Waals surface area contributed by atoms with Crippen LogP contribution in [0.1, 0.15) is 25.7 Å². The van der Waals surface area contributed by atoms with E-state index in [9.17, 15) is 0 Å². The second-order valence-electron chi connectivity index (χ2n) is 5.78. The second-order valence-corrected chi connectivity index (χ2v) is 7.66. The third-order valence-electron chi connectivity index (χ3n) is 4.65. The lowest BCUT2D eigenvalue weighted by atomic mass is 9.90. The molecule has 2 aliphatic carbocycles. The Labute approximate surface area is 121 Å². The van der Waals surface area contributed by atoms with E-state index in [4.69, 9.17) is 5.73 Å². The number of thioether (sulfide) groups is 1. The van der Waals surface area contributed by atoms with Gasteiger partial charge in [-0.15, -0.1) is 11.3 Å². The molecule has 2 aromatic rings. The molecule has 2 saturated carbocycles. The van der Waals surface area contributed by atoms with Crippen molar-refractivity contribution in [3.63, 3.8) is 0 Å². The average Bonchev–Trinajstić information content (AvgIpc) is 3.11. The van der Waals surface area contributed by atoms with Crippen LogP contribution in [0.4, 0.5) is 5.82 Å². The summed E-state index contributed by atoms with van der Waals surface area (Å²) >= 11 is 3.44. The number of nitrogens with two attached hydrogens (primary N) is 1. The predicted molar refractivity (Wildman–Crippen MR) is 81.5 cm³/mol. The lowest BCUT2D eigenvalue weighted by molar-refractivity contribution is 0.365. The quantitative estimate of drug-likeness (QED) is 0.690. The lowest BCUT2D eigenvalue weighted by Gasteiger charge is -2.20. The highest BCUT2D eigenvalue weighted by Crippen LogP contribution is 2.49. The largest absolute Gasteiger partial charge is 0.383 e. The molecule has 0 amide bonds. The van der Waals surface area contributed by atoms with Gasteiger partial charge in [-0.2, -0.15) is 0 Å². The van der Waals surface area contributed by atoms with E-state index in [-0.39, 0.29) is 0 Å². The minimum Gasteiger partial charge on any atom is -0.383 e. The highest BCUT2D eigenvalue weighted by atomic mass is 32.2. The van der Waals surface area contributed by atoms with Crippen molar-refractivity contribution in [2.45, 2.75) is 30.8 Å². The van der Waals surface area contributed by atoms with Gasteiger partial charge in [0.05, 0.1) is 5.39 Å². The van der Waals surface area contributed by atoms with Crippen LogP contribution in [0.2, 0.25) is 0 Å². The molecule has 0 aliphatic heterocycles. The summed E-state index contributed by atoms with van der Waals surface area (Å²) in [5.41, 5.74) is 5.99. The van der Waals surface area contributed by atoms with E-state index >= 15 is 0 Å². The summed E-state index contributed by atoms with van der Waals surface area (Å²) in [5.74, 6) is 4.66. The fourth-order valence-corrected chi connectivity index (χ4v) is 5.60. The van der Waals surface area contributed by atoms with Crippen LogP contribution in [0.5, 0.6) is 0 Å². The lowest BCUT2D eigenvalue weighted by Crippen LogP contribution is -2.13. The van der Waals surface area contributed by atoms with Gasteiger partial charge in [0.2, 0.25) is 0 Å². The Morgan fingerprint density at radius 1 is 1.32 bits per heavy atom. The first-order valence-electron chi connectivity index (χ1n) is 6.93. The molecule has 4 rings (SSSR count). The molecule has 19 heavy (non-hydrogen) atoms. The van der Waals surface area contributed by atoms with E-state index in [1.54, 1.807) is 23.1 Å². The number of aromatic nitrogens is 2. The van der Waals surface area contributed by atoms with Crippen molar-refractivity contribution in [1.29, 1.82) is 0 Å². The monoisotopic (exact) mass is 291 g/mol. The number of hydrogen-bond acceptors (Lipinski definition) is 5. The Morgan fingerprint density at radius 2 is 2.26 bits per heavy atom. The minimum atomic E-state index is 0.627. The van der Waals surface area contributed by atoms with Gasteiger partial charge in [-0.05, 0) is 48.5 Å². The van der Waals surface area contributed by atoms with E-state index in [1.165, 1.54) is 25.7 Å². The number of nitrogens with zero attached hydrogens (tertiary/aromatic N) is 2. The maximum absolute atomic E-state index is 5.99. The molecule has 2 bridgehead atoms. The van der Waals surface area contributed by atoms with Crippen molar-refractivity contribution in [1.82, 2.24) is 9.97 Å². The number of thiophene rings is 1. The number of anilines is 1. The van der Waals surface area contributed by atoms with Gasteiger partial charge in [0.25, 0.3) is 0 Å². The SMILES string of the molecule is Nc1nc(SCC2CC3CCC2C3)nc2sccc12. The Kier molecular flexibility index (Phi) is 2.92. The molecule has 0 spiro atoms. The van der Waals surface area contributed by atoms with Crippen LogP contribution in [0.3, 0.4) is 0 Å². The molecule has 2 aromatic heterocycles. The zero-order valence-corrected chi connectivity index (χ0v) is 12.3. The molecule has 2 fully saturated rings. The molecule has 0 saturated heterocycles. The number of hydrogen-bond donors (Lipinski definition) is 1. The Morgan fingerprint density at radius 3 is 3.05 bits per heavy atom. The highest BCUT2D eigenvalue weighted by Gasteiger charge is 2.39. The third kappa shape index (κ3) is 2.13. The highest BCUT2D eigenvalue weighted by molar-refractivity contribution is 7.99. The fraction of sp³-hybridized carbons (Fsp3) is 0.571. The predicted octanol–water partition coefficient (Wildman–Crippen LogP) is 3.80. The van der Waals surface area contributed by atoms with Gasteiger partial charge in [0, 0.05) is 5.75 Å². The summed E-state index contributed by atoms with van der Waals surface area (Å²) in [6.45, 7) is 0. The molecular formula is C14H17N3S2. The van der Waals surface area contributed by atoms with Gasteiger partial charge in [-0.3, -0.25) is 0 Å². The van der Waals surface area contributed by atoms with E-state index in [0.29, 0.717) is 5.82 Å². The van der Waals surface area contributed by atoms with Crippen molar-refractivity contribution in [2.24, 2.45) is 17.8 Å². The number of nitrogen functional groups attached to an aromatic ring is 1. The van der Waals surface area contributed by atoms with Gasteiger partial charge < -0.3 is 5.73 Å². The summed E-state index contributed by atoms with van der Waals surface area (Å²) in [5, 5.41) is 3.88. The molecule has 2 heterocycles. The smallest absolute Gasteiger partial charge is 0.190 e. The first-order valence-corrected chi connectivity index (χ1v) is 8.79. The zero-order chi connectivity index (χ0) is 12.8. The Bertz CT molecular complexity index is 610. The zero-order valence-electron chi connectivity index (χ0n) is 10.7. The molecular weight excluding hydrogens is 274 g/mol. The first kappa shape index (κ1) is 12.0. The normalized spacial score (nSPS) is 29.4. The van der Waals surface area contributed by atoms with Crippen LogP contribution in [0, 0.1) is 17.8 Å². The molecule has 0 radical (unpaired) electrons. The second kappa shape index (κ2) is 4.63. The van der Waals surface area contributed by atoms with Crippen LogP contribution < -0.4 is 5.73 Å². The van der Waals surface area contributed by atoms with E-state index in [1.807, 2.05) is 11.4 Å². The average molecular weight is 291 g/mol. The molecule has 0 aromatic carbocycles. The topological polar surface area (TPSA) is 51.8 Å². The molecule has 3 nitrogen and oxygen atoms in total. The van der Waals surface area contributed by atoms with Crippen molar-refractivity contribution < 1.29 is 0 Å². The third-order valence-corrected chi connectivity index (χ3v) is 6.49. The van der Waals surface area contributed by atoms with E-state index < -0.39 is 0 Å². The van der Waals surface area contributed by atoms with Crippen LogP contribution in [0.25, 0.3) is 10.2 Å². The van der Waals surface area contributed by atoms with Gasteiger partial charge in [-0.1, -0.05) is 18.2 Å². The van der Waals surface area contributed by atoms with Crippen molar-refractivity contribution in [2.75, 3.05) is 11.5 Å². The van der Waals surface area contributed by atoms with Crippen molar-refractivity contribution in [3.05, 3.63) is 11.4 Å². The van der Waals surface area contributed by atoms with Crippen LogP contribution >= 0.6 is 23.1 Å². The summed E-state index contributed by atoms with van der Waals surface area (Å²) in [4.78, 5) is 10.1. The summed E-state index contributed by atoms with van der Waals surface area (Å²) in [6, 6.07) is 2.00. The Balaban J connectivity index is 1.49. The van der Waals surface area contributed by atoms with E-state index in [0.717, 1.165) is 38.9 Å². The summed E-state index contributed by atoms with van der Waals surface area (Å²) in [7, 11) is 0. The van der Waals surface area contributed by atoms with Gasteiger partial charge in [0.15, 0.2) is 5.16 Å². The first-order chi connectivity index (χ1) is 9.29. The summed E-state index contributed by atoms with van der Waals surface area (Å²) < 4.78 is 0. The van der Waals surface area contributed by atoms with Crippen molar-refractivity contribution in [3.8, 4) is 0 Å². The molecule has 5 heteroatoms. The molecule has 100 valence electrons. The standard InChI is InChI=1S/C14H17N3S2/c15-12-11-3-4-18-13(11)17-14(16-12)19-7-10-6-8-1-2-9(10)5-8/h3-4,8-10H,1-2,5-7H2,(H2,15,16,17). The maximum Gasteiger partial charge on any atom is 0.190 e. The van der Waals surface area contributed by atoms with Crippen LogP contribution in [-0.2, 0) is 0 Å². The van der Waals surface area contributed by atoms with Gasteiger partial charge in [-0.25, -0.2) is 9.97 Å². The van der Waals surface area contributed by atoms with Gasteiger partial charge >= 0.3 is 0 Å². The summed E-state index contributed by atoms with van der Waals surface area (Å²) in [6.07, 6.45) is 5.81. The van der Waals surface area contributed by atoms with Gasteiger partial charge in [0.1, 0.15) is 10.6 Å². The maximum atomic E-state index is 5.99. The molecule has 3 atom stereocenters. The minimum absolute atomic E-state index is 0.627. The van der Waals surface area contributed by atoms with Crippen LogP contribution in [-0.4, -0.2) is 15.7 Å².